The largest absolute Gasteiger partial charge is 0.476 e. The lowest BCUT2D eigenvalue weighted by Crippen LogP contribution is -2.03. The van der Waals surface area contributed by atoms with Crippen LogP contribution in [0.1, 0.15) is 30.9 Å². The van der Waals surface area contributed by atoms with Crippen LogP contribution in [0.25, 0.3) is 0 Å². The van der Waals surface area contributed by atoms with Gasteiger partial charge in [-0.3, -0.25) is 0 Å². The molecule has 0 N–H and O–H groups in total. The van der Waals surface area contributed by atoms with Crippen LogP contribution in [-0.2, 0) is 0 Å². The summed E-state index contributed by atoms with van der Waals surface area (Å²) in [6, 6.07) is 0. The van der Waals surface area contributed by atoms with Gasteiger partial charge in [0.05, 0.1) is 6.61 Å². The van der Waals surface area contributed by atoms with Gasteiger partial charge in [0.2, 0.25) is 5.88 Å². The zero-order valence-electron chi connectivity index (χ0n) is 8.80. The van der Waals surface area contributed by atoms with E-state index in [0.29, 0.717) is 17.6 Å². The SMILES string of the molecule is CCCCOc1nnc(Cl)c(C)c1C. The second-order valence-electron chi connectivity index (χ2n) is 3.25. The normalized spacial score (nSPS) is 10.3. The van der Waals surface area contributed by atoms with Gasteiger partial charge in [0.15, 0.2) is 5.15 Å². The molecule has 0 bridgehead atoms. The van der Waals surface area contributed by atoms with Gasteiger partial charge in [0.25, 0.3) is 0 Å². The second kappa shape index (κ2) is 5.15. The van der Waals surface area contributed by atoms with Gasteiger partial charge in [-0.05, 0) is 25.8 Å². The quantitative estimate of drug-likeness (QED) is 0.723. The molecule has 0 spiro atoms. The molecule has 0 aromatic carbocycles. The van der Waals surface area contributed by atoms with Crippen LogP contribution in [0, 0.1) is 13.8 Å². The van der Waals surface area contributed by atoms with Crippen molar-refractivity contribution in [1.82, 2.24) is 10.2 Å². The molecule has 0 atom stereocenters. The van der Waals surface area contributed by atoms with E-state index in [1.165, 1.54) is 0 Å². The molecule has 1 aromatic rings. The van der Waals surface area contributed by atoms with Crippen LogP contribution in [0.2, 0.25) is 5.15 Å². The van der Waals surface area contributed by atoms with Crippen molar-refractivity contribution < 1.29 is 4.74 Å². The average Bonchev–Trinajstić information content (AvgIpc) is 2.18. The fourth-order valence-corrected chi connectivity index (χ4v) is 1.18. The maximum atomic E-state index is 5.82. The minimum Gasteiger partial charge on any atom is -0.476 e. The van der Waals surface area contributed by atoms with Crippen LogP contribution in [-0.4, -0.2) is 16.8 Å². The molecule has 0 saturated carbocycles. The Morgan fingerprint density at radius 2 is 1.93 bits per heavy atom. The van der Waals surface area contributed by atoms with Crippen LogP contribution in [0.15, 0.2) is 0 Å². The van der Waals surface area contributed by atoms with Gasteiger partial charge in [0.1, 0.15) is 0 Å². The smallest absolute Gasteiger partial charge is 0.236 e. The molecule has 0 amide bonds. The number of nitrogens with zero attached hydrogens (tertiary/aromatic N) is 2. The number of ether oxygens (including phenoxy) is 1. The Kier molecular flexibility index (Phi) is 4.14. The zero-order valence-corrected chi connectivity index (χ0v) is 9.56. The van der Waals surface area contributed by atoms with E-state index in [1.807, 2.05) is 13.8 Å². The molecular weight excluding hydrogens is 200 g/mol. The molecular formula is C10H15ClN2O. The van der Waals surface area contributed by atoms with Crippen molar-refractivity contribution >= 4 is 11.6 Å². The van der Waals surface area contributed by atoms with Gasteiger partial charge < -0.3 is 4.74 Å². The van der Waals surface area contributed by atoms with Gasteiger partial charge >= 0.3 is 0 Å². The maximum Gasteiger partial charge on any atom is 0.236 e. The molecule has 0 aliphatic carbocycles. The Hall–Kier alpha value is -0.830. The van der Waals surface area contributed by atoms with E-state index in [-0.39, 0.29) is 0 Å². The fraction of sp³-hybridized carbons (Fsp3) is 0.600. The molecule has 0 radical (unpaired) electrons. The summed E-state index contributed by atoms with van der Waals surface area (Å²) in [5.41, 5.74) is 1.91. The highest BCUT2D eigenvalue weighted by molar-refractivity contribution is 6.30. The topological polar surface area (TPSA) is 35.0 Å². The van der Waals surface area contributed by atoms with Gasteiger partial charge in [-0.2, -0.15) is 0 Å². The van der Waals surface area contributed by atoms with Crippen LogP contribution in [0.5, 0.6) is 5.88 Å². The van der Waals surface area contributed by atoms with Crippen LogP contribution >= 0.6 is 11.6 Å². The molecule has 78 valence electrons. The highest BCUT2D eigenvalue weighted by Crippen LogP contribution is 2.22. The van der Waals surface area contributed by atoms with Crippen molar-refractivity contribution in [2.24, 2.45) is 0 Å². The molecule has 0 aliphatic heterocycles. The van der Waals surface area contributed by atoms with E-state index >= 15 is 0 Å². The van der Waals surface area contributed by atoms with Crippen molar-refractivity contribution in [2.75, 3.05) is 6.61 Å². The van der Waals surface area contributed by atoms with E-state index in [1.54, 1.807) is 0 Å². The summed E-state index contributed by atoms with van der Waals surface area (Å²) in [7, 11) is 0. The number of rotatable bonds is 4. The summed E-state index contributed by atoms with van der Waals surface area (Å²) in [5.74, 6) is 0.598. The predicted octanol–water partition coefficient (Wildman–Crippen LogP) is 2.93. The molecule has 1 aromatic heterocycles. The minimum atomic E-state index is 0.449. The number of halogens is 1. The lowest BCUT2D eigenvalue weighted by Gasteiger charge is -2.08. The summed E-state index contributed by atoms with van der Waals surface area (Å²) >= 11 is 5.82. The number of hydrogen-bond acceptors (Lipinski definition) is 3. The van der Waals surface area contributed by atoms with E-state index in [9.17, 15) is 0 Å². The molecule has 14 heavy (non-hydrogen) atoms. The summed E-state index contributed by atoms with van der Waals surface area (Å²) in [6.07, 6.45) is 2.14. The summed E-state index contributed by atoms with van der Waals surface area (Å²) in [4.78, 5) is 0. The van der Waals surface area contributed by atoms with Crippen molar-refractivity contribution in [3.63, 3.8) is 0 Å². The van der Waals surface area contributed by atoms with Crippen LogP contribution < -0.4 is 4.74 Å². The fourth-order valence-electron chi connectivity index (χ4n) is 1.00. The molecule has 0 unspecified atom stereocenters. The van der Waals surface area contributed by atoms with Gasteiger partial charge in [0, 0.05) is 5.56 Å². The van der Waals surface area contributed by atoms with Gasteiger partial charge in [-0.25, -0.2) is 0 Å². The molecule has 3 nitrogen and oxygen atoms in total. The maximum absolute atomic E-state index is 5.82. The lowest BCUT2D eigenvalue weighted by atomic mass is 10.2. The average molecular weight is 215 g/mol. The molecule has 1 heterocycles. The lowest BCUT2D eigenvalue weighted by molar-refractivity contribution is 0.292. The Morgan fingerprint density at radius 3 is 2.57 bits per heavy atom. The number of aromatic nitrogens is 2. The third-order valence-electron chi connectivity index (χ3n) is 2.16. The molecule has 4 heteroatoms. The van der Waals surface area contributed by atoms with E-state index < -0.39 is 0 Å². The highest BCUT2D eigenvalue weighted by Gasteiger charge is 2.08. The van der Waals surface area contributed by atoms with Crippen LogP contribution in [0.3, 0.4) is 0 Å². The molecule has 0 saturated heterocycles. The van der Waals surface area contributed by atoms with Crippen molar-refractivity contribution in [2.45, 2.75) is 33.6 Å². The highest BCUT2D eigenvalue weighted by atomic mass is 35.5. The summed E-state index contributed by atoms with van der Waals surface area (Å²) < 4.78 is 5.48. The molecule has 0 fully saturated rings. The second-order valence-corrected chi connectivity index (χ2v) is 3.61. The first-order valence-corrected chi connectivity index (χ1v) is 5.16. The molecule has 1 rings (SSSR count). The van der Waals surface area contributed by atoms with Gasteiger partial charge in [-0.1, -0.05) is 24.9 Å². The Bertz CT molecular complexity index is 315. The van der Waals surface area contributed by atoms with E-state index in [0.717, 1.165) is 24.0 Å². The zero-order chi connectivity index (χ0) is 10.6. The predicted molar refractivity (Wildman–Crippen MR) is 56.9 cm³/mol. The number of hydrogen-bond donors (Lipinski definition) is 0. The minimum absolute atomic E-state index is 0.449. The first kappa shape index (κ1) is 11.2. The van der Waals surface area contributed by atoms with Crippen molar-refractivity contribution in [3.8, 4) is 5.88 Å². The van der Waals surface area contributed by atoms with Gasteiger partial charge in [-0.15, -0.1) is 10.2 Å². The summed E-state index contributed by atoms with van der Waals surface area (Å²) in [6.45, 7) is 6.66. The summed E-state index contributed by atoms with van der Waals surface area (Å²) in [5, 5.41) is 8.16. The Balaban J connectivity index is 2.73. The standard InChI is InChI=1S/C10H15ClN2O/c1-4-5-6-14-10-8(3)7(2)9(11)12-13-10/h4-6H2,1-3H3. The molecule has 0 aliphatic rings. The van der Waals surface area contributed by atoms with E-state index in [2.05, 4.69) is 17.1 Å². The third-order valence-corrected chi connectivity index (χ3v) is 2.52. The van der Waals surface area contributed by atoms with Crippen molar-refractivity contribution in [1.29, 1.82) is 0 Å². The van der Waals surface area contributed by atoms with E-state index in [4.69, 9.17) is 16.3 Å². The first-order valence-electron chi connectivity index (χ1n) is 4.79. The number of unbranched alkanes of at least 4 members (excludes halogenated alkanes) is 1. The monoisotopic (exact) mass is 214 g/mol. The first-order chi connectivity index (χ1) is 6.66. The Morgan fingerprint density at radius 1 is 1.21 bits per heavy atom. The Labute approximate surface area is 89.4 Å². The van der Waals surface area contributed by atoms with Crippen molar-refractivity contribution in [3.05, 3.63) is 16.3 Å². The van der Waals surface area contributed by atoms with Crippen LogP contribution in [0.4, 0.5) is 0 Å². The third kappa shape index (κ3) is 2.58.